The van der Waals surface area contributed by atoms with Gasteiger partial charge >= 0.3 is 0 Å². The van der Waals surface area contributed by atoms with E-state index in [0.29, 0.717) is 11.4 Å². The lowest BCUT2D eigenvalue weighted by Crippen LogP contribution is -2.08. The Hall–Kier alpha value is -3.33. The molecule has 0 fully saturated rings. The summed E-state index contributed by atoms with van der Waals surface area (Å²) in [6, 6.07) is 12.6. The Morgan fingerprint density at radius 1 is 0.923 bits per heavy atom. The molecule has 3 rings (SSSR count). The van der Waals surface area contributed by atoms with Crippen LogP contribution in [0.5, 0.6) is 11.5 Å². The first-order chi connectivity index (χ1) is 12.3. The quantitative estimate of drug-likeness (QED) is 0.539. The number of sulfone groups is 1. The number of phenolic OH excluding ortho intramolecular Hbond substituents is 2. The van der Waals surface area contributed by atoms with E-state index < -0.39 is 9.84 Å². The molecular weight excluding hydrogens is 356 g/mol. The van der Waals surface area contributed by atoms with Crippen LogP contribution in [-0.2, 0) is 9.84 Å². The van der Waals surface area contributed by atoms with Gasteiger partial charge in [0.25, 0.3) is 0 Å². The molecule has 0 aliphatic carbocycles. The molecule has 3 aromatic rings. The average molecular weight is 372 g/mol. The van der Waals surface area contributed by atoms with E-state index in [0.717, 1.165) is 6.26 Å². The molecule has 9 heteroatoms. The van der Waals surface area contributed by atoms with Gasteiger partial charge in [-0.15, -0.1) is 0 Å². The van der Waals surface area contributed by atoms with Crippen LogP contribution in [0, 0.1) is 0 Å². The maximum atomic E-state index is 12.0. The van der Waals surface area contributed by atoms with Crippen molar-refractivity contribution in [1.29, 1.82) is 0 Å². The molecule has 0 aliphatic rings. The highest BCUT2D eigenvalue weighted by atomic mass is 32.2. The fourth-order valence-corrected chi connectivity index (χ4v) is 2.92. The zero-order valence-corrected chi connectivity index (χ0v) is 14.5. The molecule has 1 aromatic heterocycles. The van der Waals surface area contributed by atoms with E-state index >= 15 is 0 Å². The van der Waals surface area contributed by atoms with Crippen molar-refractivity contribution in [3.8, 4) is 11.5 Å². The average Bonchev–Trinajstić information content (AvgIpc) is 2.54. The largest absolute Gasteiger partial charge is 0.508 e. The minimum absolute atomic E-state index is 0.0306. The highest BCUT2D eigenvalue weighted by Crippen LogP contribution is 2.26. The summed E-state index contributed by atoms with van der Waals surface area (Å²) < 4.78 is 24.0. The number of aromatic nitrogens is 2. The maximum Gasteiger partial charge on any atom is 0.229 e. The van der Waals surface area contributed by atoms with E-state index in [1.165, 1.54) is 30.5 Å². The third-order valence-electron chi connectivity index (χ3n) is 3.37. The standard InChI is InChI=1S/C17H16N4O4S/c1-26(24,25)15-10-18-17(20-12-5-3-7-14(23)9-12)21-16(15)19-11-4-2-6-13(22)8-11/h2-10,22-23H,1H3,(H2,18,19,20,21). The van der Waals surface area contributed by atoms with E-state index in [4.69, 9.17) is 0 Å². The van der Waals surface area contributed by atoms with Crippen LogP contribution in [0.4, 0.5) is 23.1 Å². The van der Waals surface area contributed by atoms with Gasteiger partial charge in [-0.05, 0) is 24.3 Å². The van der Waals surface area contributed by atoms with Crippen LogP contribution >= 0.6 is 0 Å². The molecule has 0 atom stereocenters. The molecule has 1 heterocycles. The van der Waals surface area contributed by atoms with Crippen molar-refractivity contribution < 1.29 is 18.6 Å². The Labute approximate surface area is 150 Å². The van der Waals surface area contributed by atoms with E-state index in [9.17, 15) is 18.6 Å². The number of nitrogens with zero attached hydrogens (tertiary/aromatic N) is 2. The van der Waals surface area contributed by atoms with Gasteiger partial charge in [0.2, 0.25) is 5.95 Å². The predicted molar refractivity (Wildman–Crippen MR) is 97.9 cm³/mol. The van der Waals surface area contributed by atoms with Crippen molar-refractivity contribution in [2.24, 2.45) is 0 Å². The number of phenols is 2. The predicted octanol–water partition coefficient (Wildman–Crippen LogP) is 2.78. The van der Waals surface area contributed by atoms with Crippen molar-refractivity contribution in [2.45, 2.75) is 4.90 Å². The molecule has 0 saturated heterocycles. The van der Waals surface area contributed by atoms with E-state index in [-0.39, 0.29) is 28.2 Å². The van der Waals surface area contributed by atoms with Crippen molar-refractivity contribution in [3.05, 3.63) is 54.7 Å². The third kappa shape index (κ3) is 4.19. The minimum Gasteiger partial charge on any atom is -0.508 e. The molecule has 4 N–H and O–H groups in total. The Morgan fingerprint density at radius 3 is 2.04 bits per heavy atom. The van der Waals surface area contributed by atoms with Crippen LogP contribution in [-0.4, -0.2) is 34.9 Å². The number of hydrogen-bond acceptors (Lipinski definition) is 8. The summed E-state index contributed by atoms with van der Waals surface area (Å²) in [5.41, 5.74) is 1.01. The maximum absolute atomic E-state index is 12.0. The van der Waals surface area contributed by atoms with E-state index in [1.807, 2.05) is 0 Å². The number of rotatable bonds is 5. The molecule has 26 heavy (non-hydrogen) atoms. The Bertz CT molecular complexity index is 1050. The molecule has 0 radical (unpaired) electrons. The zero-order chi connectivity index (χ0) is 18.7. The lowest BCUT2D eigenvalue weighted by Gasteiger charge is -2.12. The Balaban J connectivity index is 1.99. The van der Waals surface area contributed by atoms with Gasteiger partial charge in [-0.3, -0.25) is 0 Å². The van der Waals surface area contributed by atoms with Crippen LogP contribution in [0.2, 0.25) is 0 Å². The summed E-state index contributed by atoms with van der Waals surface area (Å²) >= 11 is 0. The first-order valence-electron chi connectivity index (χ1n) is 7.50. The van der Waals surface area contributed by atoms with Gasteiger partial charge in [0.05, 0.1) is 6.20 Å². The molecule has 0 saturated carbocycles. The summed E-state index contributed by atoms with van der Waals surface area (Å²) in [6.07, 6.45) is 2.25. The highest BCUT2D eigenvalue weighted by molar-refractivity contribution is 7.90. The minimum atomic E-state index is -3.58. The van der Waals surface area contributed by atoms with Crippen molar-refractivity contribution in [2.75, 3.05) is 16.9 Å². The van der Waals surface area contributed by atoms with E-state index in [2.05, 4.69) is 20.6 Å². The summed E-state index contributed by atoms with van der Waals surface area (Å²) in [5.74, 6) is 0.311. The van der Waals surface area contributed by atoms with Crippen molar-refractivity contribution >= 4 is 33.0 Å². The summed E-state index contributed by atoms with van der Waals surface area (Å²) in [6.45, 7) is 0. The summed E-state index contributed by atoms with van der Waals surface area (Å²) in [4.78, 5) is 8.15. The van der Waals surface area contributed by atoms with Gasteiger partial charge in [-0.1, -0.05) is 12.1 Å². The topological polar surface area (TPSA) is 124 Å². The highest BCUT2D eigenvalue weighted by Gasteiger charge is 2.17. The van der Waals surface area contributed by atoms with Crippen LogP contribution in [0.1, 0.15) is 0 Å². The third-order valence-corrected chi connectivity index (χ3v) is 4.46. The lowest BCUT2D eigenvalue weighted by molar-refractivity contribution is 0.475. The first-order valence-corrected chi connectivity index (χ1v) is 9.39. The second-order valence-electron chi connectivity index (χ2n) is 5.53. The van der Waals surface area contributed by atoms with Crippen LogP contribution < -0.4 is 10.6 Å². The second kappa shape index (κ2) is 6.89. The van der Waals surface area contributed by atoms with Gasteiger partial charge in [0, 0.05) is 29.8 Å². The Kier molecular flexibility index (Phi) is 4.63. The SMILES string of the molecule is CS(=O)(=O)c1cnc(Nc2cccc(O)c2)nc1Nc1cccc(O)c1. The molecule has 134 valence electrons. The normalized spacial score (nSPS) is 11.1. The molecular formula is C17H16N4O4S. The van der Waals surface area contributed by atoms with Crippen LogP contribution in [0.3, 0.4) is 0 Å². The van der Waals surface area contributed by atoms with Gasteiger partial charge in [0.15, 0.2) is 15.7 Å². The number of hydrogen-bond donors (Lipinski definition) is 4. The number of anilines is 4. The fraction of sp³-hybridized carbons (Fsp3) is 0.0588. The molecule has 0 spiro atoms. The van der Waals surface area contributed by atoms with Gasteiger partial charge in [-0.2, -0.15) is 4.98 Å². The zero-order valence-electron chi connectivity index (χ0n) is 13.7. The first kappa shape index (κ1) is 17.5. The molecule has 0 amide bonds. The van der Waals surface area contributed by atoms with E-state index in [1.54, 1.807) is 24.3 Å². The summed E-state index contributed by atoms with van der Waals surface area (Å²) in [7, 11) is -3.58. The number of benzene rings is 2. The molecule has 2 aromatic carbocycles. The van der Waals surface area contributed by atoms with Crippen LogP contribution in [0.25, 0.3) is 0 Å². The van der Waals surface area contributed by atoms with Gasteiger partial charge in [0.1, 0.15) is 16.4 Å². The fourth-order valence-electron chi connectivity index (χ4n) is 2.23. The van der Waals surface area contributed by atoms with Crippen molar-refractivity contribution in [3.63, 3.8) is 0 Å². The van der Waals surface area contributed by atoms with Crippen molar-refractivity contribution in [1.82, 2.24) is 9.97 Å². The second-order valence-corrected chi connectivity index (χ2v) is 7.51. The number of nitrogens with one attached hydrogen (secondary N) is 2. The van der Waals surface area contributed by atoms with Gasteiger partial charge < -0.3 is 20.8 Å². The van der Waals surface area contributed by atoms with Gasteiger partial charge in [-0.25, -0.2) is 13.4 Å². The molecule has 0 unspecified atom stereocenters. The van der Waals surface area contributed by atoms with Crippen LogP contribution in [0.15, 0.2) is 59.6 Å². The lowest BCUT2D eigenvalue weighted by atomic mass is 10.3. The summed E-state index contributed by atoms with van der Waals surface area (Å²) in [5, 5.41) is 24.9. The number of aromatic hydroxyl groups is 2. The molecule has 8 nitrogen and oxygen atoms in total. The molecule has 0 bridgehead atoms. The smallest absolute Gasteiger partial charge is 0.229 e. The molecule has 0 aliphatic heterocycles. The monoisotopic (exact) mass is 372 g/mol. The Morgan fingerprint density at radius 2 is 1.50 bits per heavy atom.